The van der Waals surface area contributed by atoms with E-state index in [2.05, 4.69) is 42.8 Å². The lowest BCUT2D eigenvalue weighted by atomic mass is 9.93. The Morgan fingerprint density at radius 1 is 1.21 bits per heavy atom. The van der Waals surface area contributed by atoms with Crippen LogP contribution < -0.4 is 11.3 Å². The molecule has 2 aromatic heterocycles. The van der Waals surface area contributed by atoms with E-state index in [4.69, 9.17) is 5.73 Å². The molecule has 4 rings (SSSR count). The molecular weight excluding hydrogens is 493 g/mol. The first-order valence-corrected chi connectivity index (χ1v) is 13.1. The van der Waals surface area contributed by atoms with E-state index in [1.54, 1.807) is 31.3 Å². The number of nitrogens with zero attached hydrogens (tertiary/aromatic N) is 4. The molecule has 0 saturated heterocycles. The van der Waals surface area contributed by atoms with Gasteiger partial charge in [0, 0.05) is 62.4 Å². The summed E-state index contributed by atoms with van der Waals surface area (Å²) in [5.74, 6) is -0.958. The van der Waals surface area contributed by atoms with Gasteiger partial charge in [0.1, 0.15) is 0 Å². The monoisotopic (exact) mass is 529 g/mol. The summed E-state index contributed by atoms with van der Waals surface area (Å²) in [5.41, 5.74) is 12.1. The molecule has 0 aliphatic carbocycles. The van der Waals surface area contributed by atoms with Crippen LogP contribution in [0.15, 0.2) is 59.2 Å². The third-order valence-electron chi connectivity index (χ3n) is 7.53. The molecular formula is C31H36FN5O2. The van der Waals surface area contributed by atoms with E-state index < -0.39 is 11.4 Å². The number of anilines is 1. The molecule has 1 amide bonds. The normalized spacial score (nSPS) is 15.2. The van der Waals surface area contributed by atoms with Gasteiger partial charge in [0.2, 0.25) is 5.82 Å². The van der Waals surface area contributed by atoms with Crippen molar-refractivity contribution in [2.24, 2.45) is 0 Å². The summed E-state index contributed by atoms with van der Waals surface area (Å²) in [5, 5.41) is 0. The molecule has 39 heavy (non-hydrogen) atoms. The molecule has 1 atom stereocenters. The van der Waals surface area contributed by atoms with Crippen molar-refractivity contribution in [2.75, 3.05) is 32.9 Å². The summed E-state index contributed by atoms with van der Waals surface area (Å²) < 4.78 is 15.6. The number of halogens is 1. The Morgan fingerprint density at radius 2 is 1.95 bits per heavy atom. The minimum absolute atomic E-state index is 0.00273. The van der Waals surface area contributed by atoms with Crippen molar-refractivity contribution in [3.05, 3.63) is 98.5 Å². The Hall–Kier alpha value is -4.04. The first kappa shape index (κ1) is 28.0. The van der Waals surface area contributed by atoms with Crippen LogP contribution in [0.2, 0.25) is 0 Å². The molecule has 0 fully saturated rings. The maximum Gasteiger partial charge on any atom is 0.293 e. The first-order valence-electron chi connectivity index (χ1n) is 13.1. The predicted molar refractivity (Wildman–Crippen MR) is 155 cm³/mol. The number of hydrogen-bond acceptors (Lipinski definition) is 5. The van der Waals surface area contributed by atoms with Crippen molar-refractivity contribution < 1.29 is 9.18 Å². The summed E-state index contributed by atoms with van der Waals surface area (Å²) in [6.07, 6.45) is 8.31. The Bertz CT molecular complexity index is 1540. The number of nitrogen functional groups attached to an aromatic ring is 1. The molecule has 204 valence electrons. The molecule has 0 spiro atoms. The second-order valence-corrected chi connectivity index (χ2v) is 10.4. The summed E-state index contributed by atoms with van der Waals surface area (Å²) in [6.45, 7) is 9.84. The number of aryl methyl sites for hydroxylation is 2. The van der Waals surface area contributed by atoms with Crippen molar-refractivity contribution in [1.29, 1.82) is 0 Å². The van der Waals surface area contributed by atoms with E-state index in [1.165, 1.54) is 28.0 Å². The zero-order valence-corrected chi connectivity index (χ0v) is 23.5. The standard InChI is InChI=1S/C31H36FN5O2/c1-19(18-26-21(3)34-13-9-28(26)37-16-12-27(33)29(32)31(37)39)22(4)36-14-10-23(11-15-36)25-8-7-24(17-20(25)2)30(38)35(5)6/h7-10,12-13,16-18,22H,11,14-15,33H2,1-6H3/b19-18+. The lowest BCUT2D eigenvalue weighted by molar-refractivity contribution is 0.0827. The van der Waals surface area contributed by atoms with Crippen molar-refractivity contribution in [3.63, 3.8) is 0 Å². The van der Waals surface area contributed by atoms with Gasteiger partial charge in [-0.1, -0.05) is 23.8 Å². The molecule has 0 bridgehead atoms. The summed E-state index contributed by atoms with van der Waals surface area (Å²) >= 11 is 0. The van der Waals surface area contributed by atoms with Crippen LogP contribution in [0.4, 0.5) is 10.1 Å². The van der Waals surface area contributed by atoms with E-state index in [0.717, 1.165) is 41.9 Å². The van der Waals surface area contributed by atoms with Crippen molar-refractivity contribution in [2.45, 2.75) is 40.2 Å². The van der Waals surface area contributed by atoms with Crippen LogP contribution in [0.1, 0.15) is 53.0 Å². The fourth-order valence-corrected chi connectivity index (χ4v) is 5.00. The molecule has 8 heteroatoms. The average molecular weight is 530 g/mol. The Balaban J connectivity index is 1.56. The van der Waals surface area contributed by atoms with Crippen LogP contribution in [0.25, 0.3) is 17.3 Å². The topological polar surface area (TPSA) is 84.5 Å². The molecule has 7 nitrogen and oxygen atoms in total. The number of amides is 1. The van der Waals surface area contributed by atoms with Gasteiger partial charge < -0.3 is 10.6 Å². The third kappa shape index (κ3) is 5.71. The van der Waals surface area contributed by atoms with Gasteiger partial charge in [0.25, 0.3) is 11.5 Å². The SMILES string of the molecule is C/C(=C\c1c(-n2ccc(N)c(F)c2=O)ccnc1C)C(C)N1CC=C(c2ccc(C(=O)N(C)C)cc2C)CC1. The van der Waals surface area contributed by atoms with E-state index >= 15 is 0 Å². The lowest BCUT2D eigenvalue weighted by Gasteiger charge is -2.33. The fourth-order valence-electron chi connectivity index (χ4n) is 5.00. The number of carbonyl (C=O) groups excluding carboxylic acids is 1. The van der Waals surface area contributed by atoms with Gasteiger partial charge in [-0.05, 0) is 75.1 Å². The number of benzene rings is 1. The van der Waals surface area contributed by atoms with Crippen LogP contribution in [0, 0.1) is 19.7 Å². The Morgan fingerprint density at radius 3 is 2.59 bits per heavy atom. The smallest absolute Gasteiger partial charge is 0.293 e. The van der Waals surface area contributed by atoms with Crippen molar-refractivity contribution in [1.82, 2.24) is 19.4 Å². The van der Waals surface area contributed by atoms with E-state index in [0.29, 0.717) is 11.3 Å². The number of nitrogens with two attached hydrogens (primary N) is 1. The van der Waals surface area contributed by atoms with Gasteiger partial charge in [0.05, 0.1) is 11.4 Å². The highest BCUT2D eigenvalue weighted by Gasteiger charge is 2.21. The van der Waals surface area contributed by atoms with Gasteiger partial charge in [0.15, 0.2) is 0 Å². The van der Waals surface area contributed by atoms with Crippen LogP contribution in [-0.4, -0.2) is 58.5 Å². The second-order valence-electron chi connectivity index (χ2n) is 10.4. The summed E-state index contributed by atoms with van der Waals surface area (Å²) in [4.78, 5) is 33.3. The molecule has 3 heterocycles. The zero-order valence-electron chi connectivity index (χ0n) is 23.5. The molecule has 0 saturated carbocycles. The fraction of sp³-hybridized carbons (Fsp3) is 0.323. The number of carbonyl (C=O) groups is 1. The Labute approximate surface area is 229 Å². The summed E-state index contributed by atoms with van der Waals surface area (Å²) in [7, 11) is 3.52. The first-order chi connectivity index (χ1) is 18.5. The number of pyridine rings is 2. The van der Waals surface area contributed by atoms with Gasteiger partial charge in [-0.2, -0.15) is 4.39 Å². The van der Waals surface area contributed by atoms with Crippen LogP contribution in [0.3, 0.4) is 0 Å². The van der Waals surface area contributed by atoms with Gasteiger partial charge in [-0.15, -0.1) is 0 Å². The van der Waals surface area contributed by atoms with Crippen LogP contribution >= 0.6 is 0 Å². The highest BCUT2D eigenvalue weighted by atomic mass is 19.1. The number of hydrogen-bond donors (Lipinski definition) is 1. The van der Waals surface area contributed by atoms with Crippen molar-refractivity contribution >= 4 is 23.2 Å². The number of rotatable bonds is 6. The number of aromatic nitrogens is 2. The minimum atomic E-state index is -0.961. The molecule has 1 aromatic carbocycles. The molecule has 3 aromatic rings. The highest BCUT2D eigenvalue weighted by Crippen LogP contribution is 2.29. The molecule has 1 aliphatic rings. The lowest BCUT2D eigenvalue weighted by Crippen LogP contribution is -2.37. The maximum atomic E-state index is 14.3. The summed E-state index contributed by atoms with van der Waals surface area (Å²) in [6, 6.07) is 9.16. The van der Waals surface area contributed by atoms with Crippen molar-refractivity contribution in [3.8, 4) is 5.69 Å². The second kappa shape index (κ2) is 11.4. The van der Waals surface area contributed by atoms with Crippen LogP contribution in [0.5, 0.6) is 0 Å². The molecule has 1 aliphatic heterocycles. The third-order valence-corrected chi connectivity index (χ3v) is 7.53. The molecule has 1 unspecified atom stereocenters. The minimum Gasteiger partial charge on any atom is -0.396 e. The average Bonchev–Trinajstić information content (AvgIpc) is 2.92. The van der Waals surface area contributed by atoms with Gasteiger partial charge >= 0.3 is 0 Å². The van der Waals surface area contributed by atoms with E-state index in [-0.39, 0.29) is 17.6 Å². The quantitative estimate of drug-likeness (QED) is 0.493. The maximum absolute atomic E-state index is 14.3. The molecule has 2 N–H and O–H groups in total. The molecule has 0 radical (unpaired) electrons. The zero-order chi connectivity index (χ0) is 28.4. The predicted octanol–water partition coefficient (Wildman–Crippen LogP) is 4.85. The largest absolute Gasteiger partial charge is 0.396 e. The van der Waals surface area contributed by atoms with E-state index in [9.17, 15) is 14.0 Å². The van der Waals surface area contributed by atoms with E-state index in [1.807, 2.05) is 25.1 Å². The van der Waals surface area contributed by atoms with Gasteiger partial charge in [-0.25, -0.2) is 0 Å². The highest BCUT2D eigenvalue weighted by molar-refractivity contribution is 5.94. The van der Waals surface area contributed by atoms with Gasteiger partial charge in [-0.3, -0.25) is 24.0 Å². The Kier molecular flexibility index (Phi) is 8.16. The van der Waals surface area contributed by atoms with Crippen LogP contribution in [-0.2, 0) is 0 Å².